The average molecular weight is 501 g/mol. The van der Waals surface area contributed by atoms with Crippen LogP contribution in [0.3, 0.4) is 0 Å². The Bertz CT molecular complexity index is 1220. The Morgan fingerprint density at radius 3 is 2.32 bits per heavy atom. The molecule has 3 rings (SSSR count). The Morgan fingerprint density at radius 1 is 1.16 bits per heavy atom. The summed E-state index contributed by atoms with van der Waals surface area (Å²) in [7, 11) is 1.73. The van der Waals surface area contributed by atoms with Gasteiger partial charge in [0.15, 0.2) is 0 Å². The van der Waals surface area contributed by atoms with Crippen molar-refractivity contribution in [3.05, 3.63) is 94.7 Å². The van der Waals surface area contributed by atoms with Crippen LogP contribution in [0.15, 0.2) is 66.3 Å². The van der Waals surface area contributed by atoms with E-state index in [1.165, 1.54) is 0 Å². The van der Waals surface area contributed by atoms with Gasteiger partial charge in [-0.15, -0.1) is 6.58 Å². The number of allylic oxidation sites excluding steroid dienone is 2. The molecule has 0 bridgehead atoms. The van der Waals surface area contributed by atoms with Crippen LogP contribution in [0.25, 0.3) is 0 Å². The molecule has 5 nitrogen and oxygen atoms in total. The second-order valence-corrected chi connectivity index (χ2v) is 9.45. The van der Waals surface area contributed by atoms with Crippen molar-refractivity contribution in [3.63, 3.8) is 0 Å². The van der Waals surface area contributed by atoms with Gasteiger partial charge in [0.05, 0.1) is 11.6 Å². The summed E-state index contributed by atoms with van der Waals surface area (Å²) in [6.45, 7) is 12.7. The zero-order valence-corrected chi connectivity index (χ0v) is 22.2. The highest BCUT2D eigenvalue weighted by Gasteiger charge is 2.38. The number of aryl methyl sites for hydroxylation is 2. The van der Waals surface area contributed by atoms with E-state index in [9.17, 15) is 4.79 Å². The van der Waals surface area contributed by atoms with Crippen molar-refractivity contribution < 1.29 is 9.18 Å². The molecular weight excluding hydrogens is 463 g/mol. The number of alkyl halides is 1. The molecule has 1 saturated heterocycles. The molecule has 2 aromatic carbocycles. The predicted molar refractivity (Wildman–Crippen MR) is 148 cm³/mol. The molecule has 1 fully saturated rings. The summed E-state index contributed by atoms with van der Waals surface area (Å²) in [5, 5.41) is 12.3. The molecule has 1 heterocycles. The first-order chi connectivity index (χ1) is 17.8. The summed E-state index contributed by atoms with van der Waals surface area (Å²) in [5.74, 6) is 0.605. The first-order valence-electron chi connectivity index (χ1n) is 13.0. The Kier molecular flexibility index (Phi) is 9.41. The summed E-state index contributed by atoms with van der Waals surface area (Å²) in [6.07, 6.45) is 5.38. The Balaban J connectivity index is 1.85. The van der Waals surface area contributed by atoms with Gasteiger partial charge in [-0.2, -0.15) is 5.26 Å². The van der Waals surface area contributed by atoms with Crippen molar-refractivity contribution in [2.75, 3.05) is 20.1 Å². The third kappa shape index (κ3) is 6.35. The smallest absolute Gasteiger partial charge is 0.254 e. The summed E-state index contributed by atoms with van der Waals surface area (Å²) >= 11 is 0. The first-order valence-corrected chi connectivity index (χ1v) is 13.0. The number of aliphatic imine (C=N–C) groups is 1. The van der Waals surface area contributed by atoms with E-state index in [0.29, 0.717) is 35.6 Å². The molecule has 194 valence electrons. The summed E-state index contributed by atoms with van der Waals surface area (Å²) < 4.78 is 15.8. The number of nitrogens with zero attached hydrogens (tertiary/aromatic N) is 3. The van der Waals surface area contributed by atoms with Crippen LogP contribution in [-0.4, -0.2) is 36.8 Å². The molecule has 0 aromatic heterocycles. The van der Waals surface area contributed by atoms with Crippen molar-refractivity contribution >= 4 is 11.7 Å². The van der Waals surface area contributed by atoms with Gasteiger partial charge in [0.1, 0.15) is 11.5 Å². The van der Waals surface area contributed by atoms with E-state index >= 15 is 4.39 Å². The molecule has 0 spiro atoms. The summed E-state index contributed by atoms with van der Waals surface area (Å²) in [5.41, 5.74) is 4.02. The summed E-state index contributed by atoms with van der Waals surface area (Å²) in [4.78, 5) is 19.9. The number of amidine groups is 1. The van der Waals surface area contributed by atoms with E-state index in [1.807, 2.05) is 19.1 Å². The normalized spacial score (nSPS) is 15.1. The number of piperidine rings is 1. The monoisotopic (exact) mass is 500 g/mol. The number of nitrogens with one attached hydrogen (secondary N) is 1. The van der Waals surface area contributed by atoms with Crippen LogP contribution < -0.4 is 5.32 Å². The Hall–Kier alpha value is -3.72. The van der Waals surface area contributed by atoms with Gasteiger partial charge >= 0.3 is 0 Å². The Morgan fingerprint density at radius 2 is 1.78 bits per heavy atom. The lowest BCUT2D eigenvalue weighted by Gasteiger charge is -2.37. The molecule has 0 atom stereocenters. The van der Waals surface area contributed by atoms with Crippen LogP contribution in [0.5, 0.6) is 0 Å². The Labute approximate surface area is 220 Å². The topological polar surface area (TPSA) is 68.5 Å². The third-order valence-electron chi connectivity index (χ3n) is 7.12. The number of hydrogen-bond donors (Lipinski definition) is 1. The fourth-order valence-corrected chi connectivity index (χ4v) is 4.82. The molecule has 1 amide bonds. The van der Waals surface area contributed by atoms with Gasteiger partial charge in [-0.25, -0.2) is 4.39 Å². The molecule has 1 aliphatic heterocycles. The number of hydrogen-bond acceptors (Lipinski definition) is 3. The number of likely N-dealkylation sites (tertiary alicyclic amines) is 1. The van der Waals surface area contributed by atoms with Crippen LogP contribution in [0.1, 0.15) is 77.7 Å². The van der Waals surface area contributed by atoms with Crippen molar-refractivity contribution in [2.45, 2.75) is 58.0 Å². The lowest BCUT2D eigenvalue weighted by molar-refractivity contribution is 0.0420. The minimum Gasteiger partial charge on any atom is -0.344 e. The van der Waals surface area contributed by atoms with Crippen LogP contribution in [-0.2, 0) is 18.5 Å². The maximum absolute atomic E-state index is 15.8. The van der Waals surface area contributed by atoms with Crippen LogP contribution in [0.2, 0.25) is 0 Å². The van der Waals surface area contributed by atoms with E-state index in [0.717, 1.165) is 48.1 Å². The van der Waals surface area contributed by atoms with Gasteiger partial charge < -0.3 is 10.2 Å². The highest BCUT2D eigenvalue weighted by molar-refractivity contribution is 6.04. The molecule has 6 heteroatoms. The highest BCUT2D eigenvalue weighted by atomic mass is 19.1. The fourth-order valence-electron chi connectivity index (χ4n) is 4.82. The zero-order chi connectivity index (χ0) is 27.0. The van der Waals surface area contributed by atoms with E-state index in [-0.39, 0.29) is 18.7 Å². The molecule has 0 radical (unpaired) electrons. The van der Waals surface area contributed by atoms with Gasteiger partial charge in [0, 0.05) is 49.8 Å². The van der Waals surface area contributed by atoms with E-state index < -0.39 is 5.67 Å². The minimum atomic E-state index is -1.51. The molecule has 0 saturated carbocycles. The van der Waals surface area contributed by atoms with E-state index in [2.05, 4.69) is 42.5 Å². The second-order valence-electron chi connectivity index (χ2n) is 9.45. The fraction of sp³-hybridized carbons (Fsp3) is 0.387. The quantitative estimate of drug-likeness (QED) is 0.252. The SMILES string of the molecule is C=CCCC(=C)NC(=NC)c1cc(C(=O)N2CCC(F)(c3ccc(C#N)cc3)CC2)c(CC)cc1CC. The number of benzene rings is 2. The summed E-state index contributed by atoms with van der Waals surface area (Å²) in [6, 6.07) is 12.8. The number of halogens is 1. The standard InChI is InChI=1S/C31H37FN4O/c1-6-9-10-22(4)35-29(34-5)27-20-28(25(8-3)19-24(27)7-2)30(37)36-17-15-31(32,16-18-36)26-13-11-23(21-33)12-14-26/h6,11-14,19-20H,1,4,7-10,15-18H2,2-3,5H3,(H,34,35). The first kappa shape index (κ1) is 27.9. The second kappa shape index (κ2) is 12.5. The van der Waals surface area contributed by atoms with Gasteiger partial charge in [-0.1, -0.05) is 44.7 Å². The molecular formula is C31H37FN4O. The molecule has 1 N–H and O–H groups in total. The van der Waals surface area contributed by atoms with Crippen molar-refractivity contribution in [3.8, 4) is 6.07 Å². The van der Waals surface area contributed by atoms with Gasteiger partial charge in [0.25, 0.3) is 5.91 Å². The number of amides is 1. The van der Waals surface area contributed by atoms with Crippen molar-refractivity contribution in [2.24, 2.45) is 4.99 Å². The average Bonchev–Trinajstić information content (AvgIpc) is 2.94. The zero-order valence-electron chi connectivity index (χ0n) is 22.2. The highest BCUT2D eigenvalue weighted by Crippen LogP contribution is 2.37. The van der Waals surface area contributed by atoms with Gasteiger partial charge in [-0.3, -0.25) is 9.79 Å². The lowest BCUT2D eigenvalue weighted by Crippen LogP contribution is -2.43. The number of carbonyl (C=O) groups excluding carboxylic acids is 1. The van der Waals surface area contributed by atoms with Crippen LogP contribution >= 0.6 is 0 Å². The van der Waals surface area contributed by atoms with Crippen molar-refractivity contribution in [1.82, 2.24) is 10.2 Å². The van der Waals surface area contributed by atoms with E-state index in [4.69, 9.17) is 5.26 Å². The van der Waals surface area contributed by atoms with Gasteiger partial charge in [0.2, 0.25) is 0 Å². The molecule has 1 aliphatic rings. The van der Waals surface area contributed by atoms with Gasteiger partial charge in [-0.05, 0) is 60.6 Å². The largest absolute Gasteiger partial charge is 0.344 e. The molecule has 0 aliphatic carbocycles. The maximum atomic E-state index is 15.8. The third-order valence-corrected chi connectivity index (χ3v) is 7.12. The molecule has 0 unspecified atom stereocenters. The van der Waals surface area contributed by atoms with Crippen molar-refractivity contribution in [1.29, 1.82) is 5.26 Å². The van der Waals surface area contributed by atoms with Crippen LogP contribution in [0.4, 0.5) is 4.39 Å². The predicted octanol–water partition coefficient (Wildman–Crippen LogP) is 6.23. The van der Waals surface area contributed by atoms with Crippen LogP contribution in [0, 0.1) is 11.3 Å². The number of rotatable bonds is 9. The molecule has 2 aromatic rings. The number of nitriles is 1. The minimum absolute atomic E-state index is 0.0800. The number of carbonyl (C=O) groups is 1. The van der Waals surface area contributed by atoms with E-state index in [1.54, 1.807) is 36.2 Å². The molecule has 37 heavy (non-hydrogen) atoms. The lowest BCUT2D eigenvalue weighted by atomic mass is 9.85. The maximum Gasteiger partial charge on any atom is 0.254 e.